The fourth-order valence-corrected chi connectivity index (χ4v) is 2.60. The summed E-state index contributed by atoms with van der Waals surface area (Å²) in [4.78, 5) is 7.75. The maximum Gasteiger partial charge on any atom is 0.145 e. The van der Waals surface area contributed by atoms with Crippen LogP contribution in [0.15, 0.2) is 35.5 Å². The van der Waals surface area contributed by atoms with Crippen LogP contribution in [0.3, 0.4) is 0 Å². The molecule has 1 aromatic rings. The predicted molar refractivity (Wildman–Crippen MR) is 91.7 cm³/mol. The Morgan fingerprint density at radius 1 is 1.35 bits per heavy atom. The number of hydrogen-bond acceptors (Lipinski definition) is 5. The van der Waals surface area contributed by atoms with Crippen molar-refractivity contribution in [1.82, 2.24) is 4.90 Å². The Morgan fingerprint density at radius 3 is 2.74 bits per heavy atom. The highest BCUT2D eigenvalue weighted by molar-refractivity contribution is 6.01. The molecule has 5 nitrogen and oxygen atoms in total. The predicted octanol–water partition coefficient (Wildman–Crippen LogP) is 2.29. The first-order valence-electron chi connectivity index (χ1n) is 8.38. The van der Waals surface area contributed by atoms with Crippen LogP contribution in [-0.2, 0) is 9.57 Å². The van der Waals surface area contributed by atoms with Crippen LogP contribution in [0, 0.1) is 0 Å². The van der Waals surface area contributed by atoms with Gasteiger partial charge in [0.25, 0.3) is 0 Å². The van der Waals surface area contributed by atoms with Gasteiger partial charge in [-0.05, 0) is 26.0 Å². The standard InChI is InChI=1S/C18H28N2O3/c1-4-20(11-16(21)13-22-14(2)3)12-17-10-18(19-23-17)15-8-6-5-7-9-15/h5-9,14,16-17,21H,4,10-13H2,1-3H3/t16-,17-/m1/s1. The van der Waals surface area contributed by atoms with Gasteiger partial charge in [0.1, 0.15) is 6.10 Å². The van der Waals surface area contributed by atoms with Crippen LogP contribution < -0.4 is 0 Å². The van der Waals surface area contributed by atoms with Crippen LogP contribution in [0.1, 0.15) is 32.8 Å². The molecule has 0 fully saturated rings. The van der Waals surface area contributed by atoms with Crippen molar-refractivity contribution in [2.75, 3.05) is 26.2 Å². The van der Waals surface area contributed by atoms with E-state index in [9.17, 15) is 5.11 Å². The van der Waals surface area contributed by atoms with Crippen LogP contribution >= 0.6 is 0 Å². The van der Waals surface area contributed by atoms with Gasteiger partial charge in [-0.1, -0.05) is 42.4 Å². The highest BCUT2D eigenvalue weighted by Crippen LogP contribution is 2.17. The minimum absolute atomic E-state index is 0.0448. The van der Waals surface area contributed by atoms with E-state index in [1.54, 1.807) is 0 Å². The van der Waals surface area contributed by atoms with Gasteiger partial charge >= 0.3 is 0 Å². The number of rotatable bonds is 9. The number of aliphatic hydroxyl groups is 1. The average Bonchev–Trinajstić information content (AvgIpc) is 3.01. The molecule has 2 rings (SSSR count). The topological polar surface area (TPSA) is 54.3 Å². The van der Waals surface area contributed by atoms with E-state index in [1.165, 1.54) is 0 Å². The van der Waals surface area contributed by atoms with Crippen LogP contribution in [0.25, 0.3) is 0 Å². The molecule has 23 heavy (non-hydrogen) atoms. The lowest BCUT2D eigenvalue weighted by molar-refractivity contribution is -0.0169. The van der Waals surface area contributed by atoms with Crippen molar-refractivity contribution in [2.24, 2.45) is 5.16 Å². The van der Waals surface area contributed by atoms with E-state index in [-0.39, 0.29) is 12.2 Å². The highest BCUT2D eigenvalue weighted by atomic mass is 16.6. The number of hydrogen-bond donors (Lipinski definition) is 1. The summed E-state index contributed by atoms with van der Waals surface area (Å²) in [7, 11) is 0. The van der Waals surface area contributed by atoms with Gasteiger partial charge in [-0.15, -0.1) is 0 Å². The molecule has 1 aliphatic heterocycles. The Morgan fingerprint density at radius 2 is 2.09 bits per heavy atom. The Bertz CT molecular complexity index is 490. The molecule has 0 saturated heterocycles. The van der Waals surface area contributed by atoms with Gasteiger partial charge in [0, 0.05) is 19.5 Å². The molecule has 128 valence electrons. The van der Waals surface area contributed by atoms with Gasteiger partial charge in [-0.25, -0.2) is 0 Å². The monoisotopic (exact) mass is 320 g/mol. The molecule has 0 unspecified atom stereocenters. The van der Waals surface area contributed by atoms with Gasteiger partial charge in [0.05, 0.1) is 24.5 Å². The maximum absolute atomic E-state index is 10.1. The Balaban J connectivity index is 1.77. The molecule has 1 heterocycles. The molecule has 0 bridgehead atoms. The molecule has 1 N–H and O–H groups in total. The number of likely N-dealkylation sites (N-methyl/N-ethyl adjacent to an activating group) is 1. The molecule has 0 aliphatic carbocycles. The summed E-state index contributed by atoms with van der Waals surface area (Å²) < 4.78 is 5.46. The van der Waals surface area contributed by atoms with Gasteiger partial charge in [0.15, 0.2) is 0 Å². The lowest BCUT2D eigenvalue weighted by Gasteiger charge is -2.25. The second-order valence-electron chi connectivity index (χ2n) is 6.22. The van der Waals surface area contributed by atoms with E-state index in [0.717, 1.165) is 30.8 Å². The van der Waals surface area contributed by atoms with E-state index in [2.05, 4.69) is 29.1 Å². The summed E-state index contributed by atoms with van der Waals surface area (Å²) in [5.74, 6) is 0. The van der Waals surface area contributed by atoms with Gasteiger partial charge in [-0.2, -0.15) is 0 Å². The van der Waals surface area contributed by atoms with Crippen molar-refractivity contribution in [3.05, 3.63) is 35.9 Å². The molecule has 0 spiro atoms. The van der Waals surface area contributed by atoms with Gasteiger partial charge < -0.3 is 14.7 Å². The van der Waals surface area contributed by atoms with Crippen molar-refractivity contribution >= 4 is 5.71 Å². The van der Waals surface area contributed by atoms with E-state index < -0.39 is 6.10 Å². The molecular weight excluding hydrogens is 292 g/mol. The Kier molecular flexibility index (Phi) is 7.02. The van der Waals surface area contributed by atoms with Gasteiger partial charge in [0.2, 0.25) is 0 Å². The quantitative estimate of drug-likeness (QED) is 0.758. The van der Waals surface area contributed by atoms with Crippen molar-refractivity contribution in [1.29, 1.82) is 0 Å². The molecule has 1 aromatic carbocycles. The Hall–Kier alpha value is -1.43. The van der Waals surface area contributed by atoms with Crippen LogP contribution in [-0.4, -0.2) is 60.3 Å². The highest BCUT2D eigenvalue weighted by Gasteiger charge is 2.25. The van der Waals surface area contributed by atoms with Crippen molar-refractivity contribution in [2.45, 2.75) is 45.5 Å². The van der Waals surface area contributed by atoms with Crippen molar-refractivity contribution < 1.29 is 14.7 Å². The van der Waals surface area contributed by atoms with Crippen LogP contribution in [0.4, 0.5) is 0 Å². The maximum atomic E-state index is 10.1. The summed E-state index contributed by atoms with van der Waals surface area (Å²) in [6.45, 7) is 8.60. The van der Waals surface area contributed by atoms with Crippen LogP contribution in [0.2, 0.25) is 0 Å². The van der Waals surface area contributed by atoms with E-state index in [1.807, 2.05) is 32.0 Å². The van der Waals surface area contributed by atoms with Crippen molar-refractivity contribution in [3.8, 4) is 0 Å². The first kappa shape index (κ1) is 17.9. The summed E-state index contributed by atoms with van der Waals surface area (Å²) in [6, 6.07) is 10.1. The first-order valence-corrected chi connectivity index (χ1v) is 8.38. The summed E-state index contributed by atoms with van der Waals surface area (Å²) >= 11 is 0. The molecular formula is C18H28N2O3. The molecule has 2 atom stereocenters. The second-order valence-corrected chi connectivity index (χ2v) is 6.22. The fraction of sp³-hybridized carbons (Fsp3) is 0.611. The van der Waals surface area contributed by atoms with E-state index >= 15 is 0 Å². The molecule has 5 heteroatoms. The number of ether oxygens (including phenoxy) is 1. The third kappa shape index (κ3) is 5.94. The summed E-state index contributed by atoms with van der Waals surface area (Å²) in [5, 5.41) is 14.3. The third-order valence-corrected chi connectivity index (χ3v) is 3.84. The normalized spacial score (nSPS) is 19.0. The summed E-state index contributed by atoms with van der Waals surface area (Å²) in [6.07, 6.45) is 0.510. The fourth-order valence-electron chi connectivity index (χ4n) is 2.60. The van der Waals surface area contributed by atoms with E-state index in [4.69, 9.17) is 9.57 Å². The minimum Gasteiger partial charge on any atom is -0.390 e. The molecule has 0 radical (unpaired) electrons. The minimum atomic E-state index is -0.478. The molecule has 0 aromatic heterocycles. The first-order chi connectivity index (χ1) is 11.1. The Labute approximate surface area is 138 Å². The van der Waals surface area contributed by atoms with Gasteiger partial charge in [-0.3, -0.25) is 4.90 Å². The summed E-state index contributed by atoms with van der Waals surface area (Å²) in [5.41, 5.74) is 2.11. The lowest BCUT2D eigenvalue weighted by Crippen LogP contribution is -2.39. The van der Waals surface area contributed by atoms with Crippen molar-refractivity contribution in [3.63, 3.8) is 0 Å². The lowest BCUT2D eigenvalue weighted by atomic mass is 10.0. The molecule has 1 aliphatic rings. The molecule has 0 amide bonds. The third-order valence-electron chi connectivity index (χ3n) is 3.84. The number of benzene rings is 1. The number of oxime groups is 1. The zero-order valence-electron chi connectivity index (χ0n) is 14.3. The SMILES string of the molecule is CCN(C[C@@H](O)COC(C)C)C[C@H]1CC(c2ccccc2)=NO1. The van der Waals surface area contributed by atoms with E-state index in [0.29, 0.717) is 13.2 Å². The zero-order chi connectivity index (χ0) is 16.7. The second kappa shape index (κ2) is 9.01. The number of aliphatic hydroxyl groups excluding tert-OH is 1. The smallest absolute Gasteiger partial charge is 0.145 e. The average molecular weight is 320 g/mol. The largest absolute Gasteiger partial charge is 0.390 e. The number of nitrogens with zero attached hydrogens (tertiary/aromatic N) is 2. The molecule has 0 saturated carbocycles. The zero-order valence-corrected chi connectivity index (χ0v) is 14.3. The van der Waals surface area contributed by atoms with Crippen LogP contribution in [0.5, 0.6) is 0 Å².